The van der Waals surface area contributed by atoms with E-state index >= 15 is 0 Å². The molecule has 0 heterocycles. The monoisotopic (exact) mass is 292 g/mol. The van der Waals surface area contributed by atoms with Gasteiger partial charge in [0.2, 0.25) is 5.91 Å². The van der Waals surface area contributed by atoms with E-state index in [0.29, 0.717) is 12.3 Å². The predicted octanol–water partition coefficient (Wildman–Crippen LogP) is 2.48. The molecule has 0 aliphatic heterocycles. The minimum Gasteiger partial charge on any atom is -0.399 e. The molecule has 0 bridgehead atoms. The van der Waals surface area contributed by atoms with Gasteiger partial charge < -0.3 is 5.73 Å². The second-order valence-electron chi connectivity index (χ2n) is 4.22. The van der Waals surface area contributed by atoms with Crippen LogP contribution in [0.4, 0.5) is 5.69 Å². The van der Waals surface area contributed by atoms with E-state index in [1.165, 1.54) is 0 Å². The Morgan fingerprint density at radius 2 is 1.65 bits per heavy atom. The van der Waals surface area contributed by atoms with Crippen molar-refractivity contribution >= 4 is 24.0 Å². The first kappa shape index (κ1) is 16.0. The largest absolute Gasteiger partial charge is 0.399 e. The molecule has 106 valence electrons. The maximum Gasteiger partial charge on any atom is 0.247 e. The second kappa shape index (κ2) is 8.19. The van der Waals surface area contributed by atoms with E-state index in [4.69, 9.17) is 10.6 Å². The molecule has 2 rings (SSSR count). The van der Waals surface area contributed by atoms with E-state index < -0.39 is 0 Å². The topological polar surface area (TPSA) is 64.4 Å². The molecule has 0 aliphatic rings. The van der Waals surface area contributed by atoms with E-state index in [2.05, 4.69) is 5.48 Å². The van der Waals surface area contributed by atoms with Gasteiger partial charge in [-0.15, -0.1) is 12.4 Å². The molecule has 0 radical (unpaired) electrons. The van der Waals surface area contributed by atoms with Gasteiger partial charge in [-0.2, -0.15) is 0 Å². The Balaban J connectivity index is 0.00000200. The third-order valence-corrected chi connectivity index (χ3v) is 2.61. The van der Waals surface area contributed by atoms with Crippen molar-refractivity contribution in [3.05, 3.63) is 65.7 Å². The zero-order chi connectivity index (χ0) is 13.5. The van der Waals surface area contributed by atoms with Crippen molar-refractivity contribution in [2.75, 3.05) is 5.73 Å². The van der Waals surface area contributed by atoms with Crippen LogP contribution in [0.25, 0.3) is 0 Å². The lowest BCUT2D eigenvalue weighted by atomic mass is 10.1. The summed E-state index contributed by atoms with van der Waals surface area (Å²) in [5, 5.41) is 0. The highest BCUT2D eigenvalue weighted by atomic mass is 35.5. The first-order chi connectivity index (χ1) is 9.24. The first-order valence-electron chi connectivity index (χ1n) is 6.03. The summed E-state index contributed by atoms with van der Waals surface area (Å²) in [5.74, 6) is -0.180. The molecule has 0 aliphatic carbocycles. The lowest BCUT2D eigenvalue weighted by molar-refractivity contribution is -0.133. The molecule has 0 spiro atoms. The zero-order valence-electron chi connectivity index (χ0n) is 10.9. The van der Waals surface area contributed by atoms with E-state index in [9.17, 15) is 4.79 Å². The van der Waals surface area contributed by atoms with Crippen LogP contribution in [0.2, 0.25) is 0 Å². The van der Waals surface area contributed by atoms with Gasteiger partial charge >= 0.3 is 0 Å². The van der Waals surface area contributed by atoms with Crippen molar-refractivity contribution in [3.63, 3.8) is 0 Å². The van der Waals surface area contributed by atoms with Crippen LogP contribution in [0.15, 0.2) is 54.6 Å². The number of carbonyl (C=O) groups excluding carboxylic acids is 1. The number of hydrogen-bond acceptors (Lipinski definition) is 3. The van der Waals surface area contributed by atoms with Crippen LogP contribution in [0.1, 0.15) is 11.1 Å². The van der Waals surface area contributed by atoms with Gasteiger partial charge in [-0.05, 0) is 23.3 Å². The number of halogens is 1. The number of hydroxylamine groups is 1. The summed E-state index contributed by atoms with van der Waals surface area (Å²) >= 11 is 0. The lowest BCUT2D eigenvalue weighted by Crippen LogP contribution is -2.25. The van der Waals surface area contributed by atoms with Crippen molar-refractivity contribution in [2.24, 2.45) is 0 Å². The van der Waals surface area contributed by atoms with Crippen molar-refractivity contribution in [1.29, 1.82) is 0 Å². The molecule has 0 aromatic heterocycles. The van der Waals surface area contributed by atoms with E-state index in [1.54, 1.807) is 12.1 Å². The van der Waals surface area contributed by atoms with Gasteiger partial charge in [0.25, 0.3) is 0 Å². The average Bonchev–Trinajstić information content (AvgIpc) is 2.43. The summed E-state index contributed by atoms with van der Waals surface area (Å²) in [5.41, 5.74) is 10.6. The Morgan fingerprint density at radius 3 is 2.30 bits per heavy atom. The molecule has 20 heavy (non-hydrogen) atoms. The zero-order valence-corrected chi connectivity index (χ0v) is 11.7. The normalized spacial score (nSPS) is 9.60. The van der Waals surface area contributed by atoms with Crippen LogP contribution in [-0.4, -0.2) is 5.91 Å². The van der Waals surface area contributed by atoms with Crippen LogP contribution < -0.4 is 11.2 Å². The summed E-state index contributed by atoms with van der Waals surface area (Å²) in [4.78, 5) is 16.8. The number of benzene rings is 2. The molecule has 0 saturated carbocycles. The number of nitrogen functional groups attached to an aromatic ring is 1. The van der Waals surface area contributed by atoms with Crippen molar-refractivity contribution < 1.29 is 9.63 Å². The third-order valence-electron chi connectivity index (χ3n) is 2.61. The highest BCUT2D eigenvalue weighted by molar-refractivity contribution is 5.85. The summed E-state index contributed by atoms with van der Waals surface area (Å²) in [6.45, 7) is 0.355. The Morgan fingerprint density at radius 1 is 1.00 bits per heavy atom. The van der Waals surface area contributed by atoms with Crippen LogP contribution in [-0.2, 0) is 22.7 Å². The molecule has 0 unspecified atom stereocenters. The Hall–Kier alpha value is -2.04. The van der Waals surface area contributed by atoms with Gasteiger partial charge in [-0.1, -0.05) is 42.5 Å². The van der Waals surface area contributed by atoms with Crippen LogP contribution >= 0.6 is 12.4 Å². The van der Waals surface area contributed by atoms with Gasteiger partial charge in [0.15, 0.2) is 0 Å². The molecule has 0 saturated heterocycles. The first-order valence-corrected chi connectivity index (χ1v) is 6.03. The fourth-order valence-electron chi connectivity index (χ4n) is 1.63. The fourth-order valence-corrected chi connectivity index (χ4v) is 1.63. The minimum atomic E-state index is -0.180. The van der Waals surface area contributed by atoms with Gasteiger partial charge in [0.05, 0.1) is 13.0 Å². The summed E-state index contributed by atoms with van der Waals surface area (Å²) < 4.78 is 0. The predicted molar refractivity (Wildman–Crippen MR) is 81.2 cm³/mol. The number of carbonyl (C=O) groups is 1. The second-order valence-corrected chi connectivity index (χ2v) is 4.22. The number of nitrogens with one attached hydrogen (secondary N) is 1. The maximum absolute atomic E-state index is 11.6. The summed E-state index contributed by atoms with van der Waals surface area (Å²) in [6.07, 6.45) is 0.273. The number of anilines is 1. The molecule has 1 amide bonds. The SMILES string of the molecule is Cl.Nc1ccc(CC(=O)NOCc2ccccc2)cc1. The Labute approximate surface area is 124 Å². The van der Waals surface area contributed by atoms with Gasteiger partial charge in [-0.3, -0.25) is 9.63 Å². The molecule has 4 nitrogen and oxygen atoms in total. The molecule has 2 aromatic rings. The third kappa shape index (κ3) is 5.30. The highest BCUT2D eigenvalue weighted by Crippen LogP contribution is 2.06. The minimum absolute atomic E-state index is 0. The number of hydrogen-bond donors (Lipinski definition) is 2. The van der Waals surface area contributed by atoms with Crippen molar-refractivity contribution in [3.8, 4) is 0 Å². The van der Waals surface area contributed by atoms with Gasteiger partial charge in [-0.25, -0.2) is 5.48 Å². The number of rotatable bonds is 5. The van der Waals surface area contributed by atoms with Gasteiger partial charge in [0.1, 0.15) is 0 Å². The van der Waals surface area contributed by atoms with Crippen LogP contribution in [0, 0.1) is 0 Å². The molecule has 0 fully saturated rings. The molecule has 2 aromatic carbocycles. The number of nitrogens with two attached hydrogens (primary N) is 1. The molecular weight excluding hydrogens is 276 g/mol. The highest BCUT2D eigenvalue weighted by Gasteiger charge is 2.03. The van der Waals surface area contributed by atoms with E-state index in [-0.39, 0.29) is 24.7 Å². The molecule has 5 heteroatoms. The maximum atomic E-state index is 11.6. The molecule has 0 atom stereocenters. The standard InChI is InChI=1S/C15H16N2O2.ClH/c16-14-8-6-12(7-9-14)10-15(18)17-19-11-13-4-2-1-3-5-13;/h1-9H,10-11,16H2,(H,17,18);1H. The van der Waals surface area contributed by atoms with Gasteiger partial charge in [0, 0.05) is 5.69 Å². The lowest BCUT2D eigenvalue weighted by Gasteiger charge is -2.06. The van der Waals surface area contributed by atoms with Crippen molar-refractivity contribution in [2.45, 2.75) is 13.0 Å². The summed E-state index contributed by atoms with van der Waals surface area (Å²) in [6, 6.07) is 16.9. The molecular formula is C15H17ClN2O2. The average molecular weight is 293 g/mol. The summed E-state index contributed by atoms with van der Waals surface area (Å²) in [7, 11) is 0. The van der Waals surface area contributed by atoms with Crippen LogP contribution in [0.3, 0.4) is 0 Å². The smallest absolute Gasteiger partial charge is 0.247 e. The Bertz CT molecular complexity index is 529. The van der Waals surface area contributed by atoms with Crippen molar-refractivity contribution in [1.82, 2.24) is 5.48 Å². The van der Waals surface area contributed by atoms with E-state index in [0.717, 1.165) is 11.1 Å². The van der Waals surface area contributed by atoms with E-state index in [1.807, 2.05) is 42.5 Å². The molecule has 3 N–H and O–H groups in total. The number of amides is 1. The quantitative estimate of drug-likeness (QED) is 0.657. The fraction of sp³-hybridized carbons (Fsp3) is 0.133. The Kier molecular flexibility index (Phi) is 6.56. The van der Waals surface area contributed by atoms with Crippen LogP contribution in [0.5, 0.6) is 0 Å².